The fourth-order valence-corrected chi connectivity index (χ4v) is 1.18. The van der Waals surface area contributed by atoms with Crippen LogP contribution < -0.4 is 5.32 Å². The fourth-order valence-electron chi connectivity index (χ4n) is 1.18. The lowest BCUT2D eigenvalue weighted by Crippen LogP contribution is -2.37. The maximum Gasteiger partial charge on any atom is 0.184 e. The Kier molecular flexibility index (Phi) is 3.42. The van der Waals surface area contributed by atoms with Crippen LogP contribution in [0.5, 0.6) is 0 Å². The molecule has 1 fully saturated rings. The molecule has 1 saturated heterocycles. The first-order valence-electron chi connectivity index (χ1n) is 4.07. The van der Waals surface area contributed by atoms with Gasteiger partial charge in [-0.15, -0.1) is 0 Å². The van der Waals surface area contributed by atoms with Crippen LogP contribution in [0.1, 0.15) is 6.92 Å². The molecule has 0 aromatic carbocycles. The van der Waals surface area contributed by atoms with Crippen molar-refractivity contribution in [1.82, 2.24) is 5.32 Å². The van der Waals surface area contributed by atoms with Crippen LogP contribution >= 0.6 is 0 Å². The molecule has 5 nitrogen and oxygen atoms in total. The first kappa shape index (κ1) is 9.88. The van der Waals surface area contributed by atoms with Gasteiger partial charge in [-0.3, -0.25) is 0 Å². The number of nitrogens with one attached hydrogen (secondary N) is 1. The summed E-state index contributed by atoms with van der Waals surface area (Å²) in [6.45, 7) is 3.12. The molecule has 0 bridgehead atoms. The SMILES string of the molecule is CCNC[C@H]1O[C@@H](O)[C@H](O)[C@@H]1O. The van der Waals surface area contributed by atoms with Crippen molar-refractivity contribution in [3.63, 3.8) is 0 Å². The molecule has 0 radical (unpaired) electrons. The molecule has 0 aromatic heterocycles. The summed E-state index contributed by atoms with van der Waals surface area (Å²) in [7, 11) is 0. The van der Waals surface area contributed by atoms with Gasteiger partial charge in [0.25, 0.3) is 0 Å². The summed E-state index contributed by atoms with van der Waals surface area (Å²) in [5, 5.41) is 30.3. The normalized spacial score (nSPS) is 42.0. The van der Waals surface area contributed by atoms with Crippen LogP contribution in [0.2, 0.25) is 0 Å². The van der Waals surface area contributed by atoms with Crippen LogP contribution in [0.4, 0.5) is 0 Å². The van der Waals surface area contributed by atoms with E-state index in [1.165, 1.54) is 0 Å². The Balaban J connectivity index is 2.36. The molecule has 0 saturated carbocycles. The Labute approximate surface area is 71.0 Å². The molecule has 12 heavy (non-hydrogen) atoms. The number of ether oxygens (including phenoxy) is 1. The van der Waals surface area contributed by atoms with E-state index in [1.807, 2.05) is 6.92 Å². The highest BCUT2D eigenvalue weighted by Gasteiger charge is 2.41. The molecule has 0 spiro atoms. The molecule has 0 aliphatic carbocycles. The third kappa shape index (κ3) is 1.94. The van der Waals surface area contributed by atoms with Gasteiger partial charge < -0.3 is 25.4 Å². The minimum absolute atomic E-state index is 0.436. The number of hydrogen-bond acceptors (Lipinski definition) is 5. The van der Waals surface area contributed by atoms with Crippen LogP contribution in [0.25, 0.3) is 0 Å². The van der Waals surface area contributed by atoms with Gasteiger partial charge in [-0.05, 0) is 6.54 Å². The molecule has 4 N–H and O–H groups in total. The zero-order valence-corrected chi connectivity index (χ0v) is 6.97. The summed E-state index contributed by atoms with van der Waals surface area (Å²) >= 11 is 0. The molecule has 1 rings (SSSR count). The van der Waals surface area contributed by atoms with Crippen molar-refractivity contribution >= 4 is 0 Å². The summed E-state index contributed by atoms with van der Waals surface area (Å²) in [4.78, 5) is 0. The van der Waals surface area contributed by atoms with Crippen molar-refractivity contribution in [3.8, 4) is 0 Å². The first-order chi connectivity index (χ1) is 5.66. The van der Waals surface area contributed by atoms with Crippen molar-refractivity contribution in [2.75, 3.05) is 13.1 Å². The lowest BCUT2D eigenvalue weighted by Gasteiger charge is -2.13. The van der Waals surface area contributed by atoms with E-state index < -0.39 is 24.6 Å². The van der Waals surface area contributed by atoms with Crippen molar-refractivity contribution in [2.45, 2.75) is 31.5 Å². The second-order valence-electron chi connectivity index (χ2n) is 2.85. The number of likely N-dealkylation sites (N-methyl/N-ethyl adjacent to an activating group) is 1. The van der Waals surface area contributed by atoms with Crippen molar-refractivity contribution in [2.24, 2.45) is 0 Å². The zero-order chi connectivity index (χ0) is 9.14. The lowest BCUT2D eigenvalue weighted by atomic mass is 10.1. The van der Waals surface area contributed by atoms with E-state index in [4.69, 9.17) is 14.9 Å². The summed E-state index contributed by atoms with van der Waals surface area (Å²) in [5.74, 6) is 0. The predicted octanol–water partition coefficient (Wildman–Crippen LogP) is -1.97. The lowest BCUT2D eigenvalue weighted by molar-refractivity contribution is -0.126. The zero-order valence-electron chi connectivity index (χ0n) is 6.97. The highest BCUT2D eigenvalue weighted by molar-refractivity contribution is 4.86. The third-order valence-electron chi connectivity index (χ3n) is 1.93. The molecule has 0 amide bonds. The Hall–Kier alpha value is -0.200. The van der Waals surface area contributed by atoms with Crippen LogP contribution in [-0.4, -0.2) is 53.0 Å². The average molecular weight is 177 g/mol. The van der Waals surface area contributed by atoms with E-state index in [0.717, 1.165) is 6.54 Å². The Morgan fingerprint density at radius 1 is 1.25 bits per heavy atom. The standard InChI is InChI=1S/C7H15NO4/c1-2-8-3-4-5(9)6(10)7(11)12-4/h4-11H,2-3H2,1H3/t4-,5-,6-,7-/m1/s1. The Morgan fingerprint density at radius 2 is 1.92 bits per heavy atom. The topological polar surface area (TPSA) is 82.0 Å². The van der Waals surface area contributed by atoms with Crippen LogP contribution in [0.15, 0.2) is 0 Å². The number of aliphatic hydroxyl groups excluding tert-OH is 3. The molecule has 0 aromatic rings. The summed E-state index contributed by atoms with van der Waals surface area (Å²) in [5.41, 5.74) is 0. The molecule has 1 aliphatic rings. The van der Waals surface area contributed by atoms with Gasteiger partial charge in [0, 0.05) is 6.54 Å². The van der Waals surface area contributed by atoms with Crippen molar-refractivity contribution in [3.05, 3.63) is 0 Å². The molecular weight excluding hydrogens is 162 g/mol. The average Bonchev–Trinajstić information content (AvgIpc) is 2.30. The fraction of sp³-hybridized carbons (Fsp3) is 1.00. The highest BCUT2D eigenvalue weighted by Crippen LogP contribution is 2.18. The number of hydrogen-bond donors (Lipinski definition) is 4. The maximum absolute atomic E-state index is 9.28. The molecule has 1 aliphatic heterocycles. The molecule has 1 heterocycles. The van der Waals surface area contributed by atoms with Gasteiger partial charge in [0.15, 0.2) is 6.29 Å². The van der Waals surface area contributed by atoms with Gasteiger partial charge >= 0.3 is 0 Å². The van der Waals surface area contributed by atoms with E-state index in [9.17, 15) is 5.11 Å². The minimum atomic E-state index is -1.26. The summed E-state index contributed by atoms with van der Waals surface area (Å²) in [6.07, 6.45) is -3.97. The first-order valence-corrected chi connectivity index (χ1v) is 4.07. The monoisotopic (exact) mass is 177 g/mol. The van der Waals surface area contributed by atoms with Gasteiger partial charge in [0.05, 0.1) is 0 Å². The van der Waals surface area contributed by atoms with Gasteiger partial charge in [0.1, 0.15) is 18.3 Å². The van der Waals surface area contributed by atoms with Crippen LogP contribution in [-0.2, 0) is 4.74 Å². The largest absolute Gasteiger partial charge is 0.387 e. The van der Waals surface area contributed by atoms with Gasteiger partial charge in [-0.2, -0.15) is 0 Å². The Bertz CT molecular complexity index is 143. The molecule has 5 heteroatoms. The van der Waals surface area contributed by atoms with Gasteiger partial charge in [0.2, 0.25) is 0 Å². The molecule has 0 unspecified atom stereocenters. The van der Waals surface area contributed by atoms with Crippen molar-refractivity contribution < 1.29 is 20.1 Å². The predicted molar refractivity (Wildman–Crippen MR) is 41.4 cm³/mol. The summed E-state index contributed by atoms with van der Waals surface area (Å²) in [6, 6.07) is 0. The van der Waals surface area contributed by atoms with Gasteiger partial charge in [-0.25, -0.2) is 0 Å². The van der Waals surface area contributed by atoms with Crippen LogP contribution in [0.3, 0.4) is 0 Å². The molecular formula is C7H15NO4. The van der Waals surface area contributed by atoms with E-state index >= 15 is 0 Å². The molecule has 4 atom stereocenters. The number of aliphatic hydroxyl groups is 3. The number of rotatable bonds is 3. The smallest absolute Gasteiger partial charge is 0.184 e. The summed E-state index contributed by atoms with van der Waals surface area (Å²) < 4.78 is 4.88. The third-order valence-corrected chi connectivity index (χ3v) is 1.93. The van der Waals surface area contributed by atoms with E-state index in [-0.39, 0.29) is 0 Å². The van der Waals surface area contributed by atoms with E-state index in [0.29, 0.717) is 6.54 Å². The highest BCUT2D eigenvalue weighted by atomic mass is 16.6. The minimum Gasteiger partial charge on any atom is -0.387 e. The molecule has 72 valence electrons. The Morgan fingerprint density at radius 3 is 2.33 bits per heavy atom. The van der Waals surface area contributed by atoms with E-state index in [1.54, 1.807) is 0 Å². The van der Waals surface area contributed by atoms with Gasteiger partial charge in [-0.1, -0.05) is 6.92 Å². The van der Waals surface area contributed by atoms with Crippen molar-refractivity contribution in [1.29, 1.82) is 0 Å². The van der Waals surface area contributed by atoms with Crippen LogP contribution in [0, 0.1) is 0 Å². The van der Waals surface area contributed by atoms with E-state index in [2.05, 4.69) is 5.32 Å². The second-order valence-corrected chi connectivity index (χ2v) is 2.85. The second kappa shape index (κ2) is 4.15. The quantitative estimate of drug-likeness (QED) is 0.402. The maximum atomic E-state index is 9.28.